The molecule has 0 unspecified atom stereocenters. The summed E-state index contributed by atoms with van der Waals surface area (Å²) in [5.41, 5.74) is 7.70. The van der Waals surface area contributed by atoms with Crippen LogP contribution in [-0.4, -0.2) is 23.2 Å². The second kappa shape index (κ2) is 7.13. The molecule has 2 N–H and O–H groups in total. The average molecular weight is 313 g/mol. The lowest BCUT2D eigenvalue weighted by Crippen LogP contribution is -2.33. The van der Waals surface area contributed by atoms with Gasteiger partial charge < -0.3 is 9.72 Å². The van der Waals surface area contributed by atoms with E-state index >= 15 is 0 Å². The Balaban J connectivity index is 1.95. The van der Waals surface area contributed by atoms with E-state index in [2.05, 4.69) is 15.5 Å². The minimum absolute atomic E-state index is 0.285. The first-order chi connectivity index (χ1) is 10.9. The van der Waals surface area contributed by atoms with Gasteiger partial charge in [0.1, 0.15) is 5.75 Å². The Morgan fingerprint density at radius 1 is 1.30 bits per heavy atom. The van der Waals surface area contributed by atoms with Crippen molar-refractivity contribution in [3.8, 4) is 5.75 Å². The van der Waals surface area contributed by atoms with Crippen LogP contribution in [0.15, 0.2) is 29.4 Å². The molecule has 1 aromatic carbocycles. The zero-order valence-electron chi connectivity index (χ0n) is 14.2. The lowest BCUT2D eigenvalue weighted by Gasteiger charge is -2.15. The number of aromatic amines is 1. The molecule has 5 heteroatoms. The highest BCUT2D eigenvalue weighted by atomic mass is 16.5. The number of hydrazone groups is 1. The largest absolute Gasteiger partial charge is 0.481 e. The van der Waals surface area contributed by atoms with Crippen molar-refractivity contribution in [1.82, 2.24) is 10.4 Å². The molecule has 122 valence electrons. The summed E-state index contributed by atoms with van der Waals surface area (Å²) in [7, 11) is 0. The van der Waals surface area contributed by atoms with Crippen LogP contribution >= 0.6 is 0 Å². The number of aryl methyl sites for hydroxylation is 3. The lowest BCUT2D eigenvalue weighted by molar-refractivity contribution is -0.127. The number of ether oxygens (including phenoxy) is 1. The fourth-order valence-electron chi connectivity index (χ4n) is 2.23. The number of hydrogen-bond acceptors (Lipinski definition) is 3. The molecule has 0 spiro atoms. The highest BCUT2D eigenvalue weighted by molar-refractivity contribution is 5.85. The predicted molar refractivity (Wildman–Crippen MR) is 92.0 cm³/mol. The second-order valence-corrected chi connectivity index (χ2v) is 5.73. The smallest absolute Gasteiger partial charge is 0.280 e. The Morgan fingerprint density at radius 2 is 2.04 bits per heavy atom. The van der Waals surface area contributed by atoms with Gasteiger partial charge >= 0.3 is 0 Å². The van der Waals surface area contributed by atoms with Crippen LogP contribution in [0.3, 0.4) is 0 Å². The molecule has 0 radical (unpaired) electrons. The Labute approximate surface area is 136 Å². The molecule has 1 heterocycles. The van der Waals surface area contributed by atoms with Gasteiger partial charge in [-0.15, -0.1) is 0 Å². The summed E-state index contributed by atoms with van der Waals surface area (Å²) in [6.45, 7) is 9.63. The number of carbonyl (C=O) groups excluding carboxylic acids is 1. The lowest BCUT2D eigenvalue weighted by atomic mass is 10.1. The standard InChI is InChI=1S/C18H23N3O2/c1-11-7-6-8-17(13(11)3)23-15(5)18(22)21-19-10-16-9-12(2)20-14(16)4/h6-10,15,20H,1-5H3,(H,21,22)/b19-10+/t15-/m1/s1. The van der Waals surface area contributed by atoms with Crippen molar-refractivity contribution in [3.05, 3.63) is 52.3 Å². The fraction of sp³-hybridized carbons (Fsp3) is 0.333. The quantitative estimate of drug-likeness (QED) is 0.658. The van der Waals surface area contributed by atoms with E-state index in [4.69, 9.17) is 4.74 Å². The van der Waals surface area contributed by atoms with E-state index in [1.807, 2.05) is 52.0 Å². The van der Waals surface area contributed by atoms with Crippen molar-refractivity contribution in [3.63, 3.8) is 0 Å². The third-order valence-electron chi connectivity index (χ3n) is 3.80. The number of carbonyl (C=O) groups is 1. The van der Waals surface area contributed by atoms with Gasteiger partial charge in [-0.2, -0.15) is 5.10 Å². The summed E-state index contributed by atoms with van der Waals surface area (Å²) in [5, 5.41) is 3.99. The average Bonchev–Trinajstić information content (AvgIpc) is 2.81. The Kier molecular flexibility index (Phi) is 5.21. The van der Waals surface area contributed by atoms with E-state index in [0.29, 0.717) is 5.75 Å². The summed E-state index contributed by atoms with van der Waals surface area (Å²) in [6, 6.07) is 7.76. The molecule has 0 aliphatic rings. The minimum Gasteiger partial charge on any atom is -0.481 e. The zero-order valence-corrected chi connectivity index (χ0v) is 14.2. The maximum Gasteiger partial charge on any atom is 0.280 e. The van der Waals surface area contributed by atoms with Crippen LogP contribution in [0.5, 0.6) is 5.75 Å². The van der Waals surface area contributed by atoms with Gasteiger partial charge in [-0.25, -0.2) is 5.43 Å². The van der Waals surface area contributed by atoms with Gasteiger partial charge in [0.25, 0.3) is 5.91 Å². The SMILES string of the molecule is Cc1cc(/C=N/NC(=O)[C@@H](C)Oc2cccc(C)c2C)c(C)[nH]1. The van der Waals surface area contributed by atoms with E-state index in [-0.39, 0.29) is 5.91 Å². The second-order valence-electron chi connectivity index (χ2n) is 5.73. The molecule has 0 saturated carbocycles. The molecule has 0 saturated heterocycles. The van der Waals surface area contributed by atoms with E-state index in [1.54, 1.807) is 13.1 Å². The number of hydrogen-bond donors (Lipinski definition) is 2. The molecule has 2 aromatic rings. The number of H-pyrrole nitrogens is 1. The van der Waals surface area contributed by atoms with Crippen LogP contribution in [0, 0.1) is 27.7 Å². The van der Waals surface area contributed by atoms with Gasteiger partial charge in [0.2, 0.25) is 0 Å². The van der Waals surface area contributed by atoms with Gasteiger partial charge in [0, 0.05) is 17.0 Å². The molecule has 0 bridgehead atoms. The van der Waals surface area contributed by atoms with E-state index < -0.39 is 6.10 Å². The first-order valence-electron chi connectivity index (χ1n) is 7.60. The third-order valence-corrected chi connectivity index (χ3v) is 3.80. The summed E-state index contributed by atoms with van der Waals surface area (Å²) >= 11 is 0. The monoisotopic (exact) mass is 313 g/mol. The van der Waals surface area contributed by atoms with Gasteiger partial charge in [0.05, 0.1) is 6.21 Å². The molecule has 0 fully saturated rings. The molecule has 0 aliphatic heterocycles. The minimum atomic E-state index is -0.623. The summed E-state index contributed by atoms with van der Waals surface area (Å²) < 4.78 is 5.73. The Bertz CT molecular complexity index is 732. The fourth-order valence-corrected chi connectivity index (χ4v) is 2.23. The number of nitrogens with zero attached hydrogens (tertiary/aromatic N) is 1. The van der Waals surface area contributed by atoms with Crippen LogP contribution in [0.1, 0.15) is 35.0 Å². The predicted octanol–water partition coefficient (Wildman–Crippen LogP) is 3.17. The first kappa shape index (κ1) is 16.8. The van der Waals surface area contributed by atoms with Crippen molar-refractivity contribution in [2.24, 2.45) is 5.10 Å². The molecule has 2 rings (SSSR count). The zero-order chi connectivity index (χ0) is 17.0. The van der Waals surface area contributed by atoms with E-state index in [9.17, 15) is 4.79 Å². The molecule has 1 amide bonds. The van der Waals surface area contributed by atoms with Gasteiger partial charge in [-0.05, 0) is 57.9 Å². The Hall–Kier alpha value is -2.56. The molecule has 1 aromatic heterocycles. The number of nitrogens with one attached hydrogen (secondary N) is 2. The van der Waals surface area contributed by atoms with Crippen LogP contribution < -0.4 is 10.2 Å². The molecule has 5 nitrogen and oxygen atoms in total. The van der Waals surface area contributed by atoms with Crippen LogP contribution in [-0.2, 0) is 4.79 Å². The summed E-state index contributed by atoms with van der Waals surface area (Å²) in [4.78, 5) is 15.3. The number of benzene rings is 1. The van der Waals surface area contributed by atoms with Gasteiger partial charge in [-0.1, -0.05) is 12.1 Å². The molecule has 1 atom stereocenters. The van der Waals surface area contributed by atoms with E-state index in [0.717, 1.165) is 28.1 Å². The third kappa shape index (κ3) is 4.22. The molecular weight excluding hydrogens is 290 g/mol. The number of amides is 1. The van der Waals surface area contributed by atoms with E-state index in [1.165, 1.54) is 0 Å². The van der Waals surface area contributed by atoms with Crippen LogP contribution in [0.4, 0.5) is 0 Å². The van der Waals surface area contributed by atoms with Crippen molar-refractivity contribution in [1.29, 1.82) is 0 Å². The normalized spacial score (nSPS) is 12.4. The first-order valence-corrected chi connectivity index (χ1v) is 7.60. The highest BCUT2D eigenvalue weighted by Gasteiger charge is 2.15. The van der Waals surface area contributed by atoms with Crippen molar-refractivity contribution in [2.45, 2.75) is 40.7 Å². The Morgan fingerprint density at radius 3 is 2.70 bits per heavy atom. The van der Waals surface area contributed by atoms with Gasteiger partial charge in [-0.3, -0.25) is 4.79 Å². The summed E-state index contributed by atoms with van der Waals surface area (Å²) in [6.07, 6.45) is 1.00. The van der Waals surface area contributed by atoms with Gasteiger partial charge in [0.15, 0.2) is 6.10 Å². The van der Waals surface area contributed by atoms with Crippen molar-refractivity contribution < 1.29 is 9.53 Å². The van der Waals surface area contributed by atoms with Crippen molar-refractivity contribution >= 4 is 12.1 Å². The maximum absolute atomic E-state index is 12.1. The summed E-state index contributed by atoms with van der Waals surface area (Å²) in [5.74, 6) is 0.431. The van der Waals surface area contributed by atoms with Crippen LogP contribution in [0.2, 0.25) is 0 Å². The molecular formula is C18H23N3O2. The molecule has 23 heavy (non-hydrogen) atoms. The number of aromatic nitrogens is 1. The van der Waals surface area contributed by atoms with Crippen LogP contribution in [0.25, 0.3) is 0 Å². The maximum atomic E-state index is 12.1. The molecule has 0 aliphatic carbocycles. The highest BCUT2D eigenvalue weighted by Crippen LogP contribution is 2.21. The topological polar surface area (TPSA) is 66.5 Å². The number of rotatable bonds is 5. The van der Waals surface area contributed by atoms with Crippen molar-refractivity contribution in [2.75, 3.05) is 0 Å².